The molecule has 31 heavy (non-hydrogen) atoms. The predicted octanol–water partition coefficient (Wildman–Crippen LogP) is 3.45. The van der Waals surface area contributed by atoms with Gasteiger partial charge in [-0.1, -0.05) is 60.7 Å². The molecule has 7 heteroatoms. The van der Waals surface area contributed by atoms with E-state index in [-0.39, 0.29) is 6.42 Å². The van der Waals surface area contributed by atoms with Gasteiger partial charge in [-0.2, -0.15) is 0 Å². The zero-order chi connectivity index (χ0) is 21.8. The molecule has 1 atom stereocenters. The highest BCUT2D eigenvalue weighted by atomic mass is 19.1. The van der Waals surface area contributed by atoms with Crippen molar-refractivity contribution in [3.05, 3.63) is 102 Å². The summed E-state index contributed by atoms with van der Waals surface area (Å²) in [5.74, 6) is -1.49. The Hall–Kier alpha value is -4.00. The van der Waals surface area contributed by atoms with E-state index in [1.807, 2.05) is 36.4 Å². The fraction of sp³-hybridized carbons (Fsp3) is 0.125. The Morgan fingerprint density at radius 1 is 0.903 bits per heavy atom. The highest BCUT2D eigenvalue weighted by Gasteiger charge is 2.52. The minimum Gasteiger partial charge on any atom is -0.325 e. The molecule has 1 fully saturated rings. The van der Waals surface area contributed by atoms with Crippen molar-refractivity contribution in [1.29, 1.82) is 0 Å². The van der Waals surface area contributed by atoms with Crippen molar-refractivity contribution in [3.63, 3.8) is 0 Å². The van der Waals surface area contributed by atoms with Crippen molar-refractivity contribution in [3.8, 4) is 0 Å². The van der Waals surface area contributed by atoms with Crippen LogP contribution in [0.4, 0.5) is 14.9 Å². The number of imide groups is 1. The highest BCUT2D eigenvalue weighted by molar-refractivity contribution is 6.10. The summed E-state index contributed by atoms with van der Waals surface area (Å²) in [5.41, 5.74) is 0.573. The predicted molar refractivity (Wildman–Crippen MR) is 114 cm³/mol. The van der Waals surface area contributed by atoms with Crippen molar-refractivity contribution in [2.45, 2.75) is 12.0 Å². The fourth-order valence-electron chi connectivity index (χ4n) is 3.69. The number of benzene rings is 3. The summed E-state index contributed by atoms with van der Waals surface area (Å²) in [5, 5.41) is 5.39. The van der Waals surface area contributed by atoms with E-state index in [2.05, 4.69) is 10.6 Å². The average Bonchev–Trinajstić information content (AvgIpc) is 3.01. The second kappa shape index (κ2) is 8.39. The zero-order valence-corrected chi connectivity index (χ0v) is 16.5. The number of hydrogen-bond donors (Lipinski definition) is 2. The molecule has 4 amide bonds. The van der Waals surface area contributed by atoms with Crippen LogP contribution in [0.15, 0.2) is 84.9 Å². The molecule has 4 rings (SSSR count). The van der Waals surface area contributed by atoms with Crippen LogP contribution in [-0.2, 0) is 21.5 Å². The first-order valence-electron chi connectivity index (χ1n) is 9.77. The smallest absolute Gasteiger partial charge is 0.325 e. The van der Waals surface area contributed by atoms with Crippen LogP contribution in [0.2, 0.25) is 0 Å². The molecule has 0 spiro atoms. The van der Waals surface area contributed by atoms with E-state index in [4.69, 9.17) is 0 Å². The van der Waals surface area contributed by atoms with Crippen molar-refractivity contribution in [1.82, 2.24) is 10.2 Å². The molecule has 3 aromatic rings. The molecular formula is C24H20FN3O3. The van der Waals surface area contributed by atoms with Crippen LogP contribution < -0.4 is 10.6 Å². The molecule has 0 saturated carbocycles. The Morgan fingerprint density at radius 3 is 2.16 bits per heavy atom. The summed E-state index contributed by atoms with van der Waals surface area (Å²) in [4.78, 5) is 39.6. The number of hydrogen-bond acceptors (Lipinski definition) is 3. The number of anilines is 1. The van der Waals surface area contributed by atoms with Crippen molar-refractivity contribution in [2.24, 2.45) is 0 Å². The van der Waals surface area contributed by atoms with Gasteiger partial charge in [0.05, 0.1) is 0 Å². The standard InChI is InChI=1S/C24H20FN3O3/c25-19-11-13-20(14-12-19)26-21(29)16-28-22(30)24(27-23(28)31,18-9-5-2-6-10-18)15-17-7-3-1-4-8-17/h1-14H,15-16H2,(H,26,29)(H,27,31)/t24-/m1/s1. The molecule has 1 saturated heterocycles. The number of urea groups is 1. The molecular weight excluding hydrogens is 397 g/mol. The van der Waals surface area contributed by atoms with Crippen molar-refractivity contribution >= 4 is 23.5 Å². The van der Waals surface area contributed by atoms with Gasteiger partial charge < -0.3 is 10.6 Å². The van der Waals surface area contributed by atoms with E-state index in [0.29, 0.717) is 11.3 Å². The monoisotopic (exact) mass is 417 g/mol. The number of rotatable bonds is 6. The molecule has 6 nitrogen and oxygen atoms in total. The lowest BCUT2D eigenvalue weighted by molar-refractivity contribution is -0.134. The van der Waals surface area contributed by atoms with E-state index >= 15 is 0 Å². The summed E-state index contributed by atoms with van der Waals surface area (Å²) in [6, 6.07) is 22.9. The van der Waals surface area contributed by atoms with Crippen LogP contribution in [0.5, 0.6) is 0 Å². The van der Waals surface area contributed by atoms with Gasteiger partial charge in [-0.3, -0.25) is 14.5 Å². The van der Waals surface area contributed by atoms with E-state index in [9.17, 15) is 18.8 Å². The SMILES string of the molecule is O=C(CN1C(=O)N[C@](Cc2ccccc2)(c2ccccc2)C1=O)Nc1ccc(F)cc1. The second-order valence-corrected chi connectivity index (χ2v) is 7.31. The van der Waals surface area contributed by atoms with Crippen LogP contribution in [0.3, 0.4) is 0 Å². The Kier molecular flexibility index (Phi) is 5.49. The summed E-state index contributed by atoms with van der Waals surface area (Å²) in [6.45, 7) is -0.453. The van der Waals surface area contributed by atoms with Gasteiger partial charge in [0.25, 0.3) is 5.91 Å². The molecule has 0 unspecified atom stereocenters. The lowest BCUT2D eigenvalue weighted by Gasteiger charge is -2.27. The molecule has 2 N–H and O–H groups in total. The Balaban J connectivity index is 1.59. The molecule has 3 aromatic carbocycles. The Morgan fingerprint density at radius 2 is 1.52 bits per heavy atom. The largest absolute Gasteiger partial charge is 0.325 e. The lowest BCUT2D eigenvalue weighted by atomic mass is 9.83. The van der Waals surface area contributed by atoms with Crippen LogP contribution in [0.25, 0.3) is 0 Å². The number of nitrogens with zero attached hydrogens (tertiary/aromatic N) is 1. The van der Waals surface area contributed by atoms with Gasteiger partial charge in [-0.15, -0.1) is 0 Å². The topological polar surface area (TPSA) is 78.5 Å². The van der Waals surface area contributed by atoms with Crippen molar-refractivity contribution in [2.75, 3.05) is 11.9 Å². The summed E-state index contributed by atoms with van der Waals surface area (Å²) >= 11 is 0. The van der Waals surface area contributed by atoms with Gasteiger partial charge in [0.1, 0.15) is 12.4 Å². The minimum absolute atomic E-state index is 0.249. The maximum absolute atomic E-state index is 13.5. The summed E-state index contributed by atoms with van der Waals surface area (Å²) in [6.07, 6.45) is 0.249. The first-order valence-corrected chi connectivity index (χ1v) is 9.77. The zero-order valence-electron chi connectivity index (χ0n) is 16.5. The van der Waals surface area contributed by atoms with Gasteiger partial charge in [-0.05, 0) is 35.4 Å². The fourth-order valence-corrected chi connectivity index (χ4v) is 3.69. The molecule has 156 valence electrons. The van der Waals surface area contributed by atoms with E-state index in [1.54, 1.807) is 24.3 Å². The summed E-state index contributed by atoms with van der Waals surface area (Å²) < 4.78 is 13.1. The molecule has 0 radical (unpaired) electrons. The number of halogens is 1. The number of carbonyl (C=O) groups is 3. The van der Waals surface area contributed by atoms with E-state index in [1.165, 1.54) is 24.3 Å². The van der Waals surface area contributed by atoms with Gasteiger partial charge in [-0.25, -0.2) is 9.18 Å². The van der Waals surface area contributed by atoms with Crippen LogP contribution in [-0.4, -0.2) is 29.3 Å². The maximum atomic E-state index is 13.5. The third-order valence-corrected chi connectivity index (χ3v) is 5.18. The van der Waals surface area contributed by atoms with Gasteiger partial charge in [0, 0.05) is 12.1 Å². The molecule has 1 aliphatic rings. The number of nitrogens with one attached hydrogen (secondary N) is 2. The van der Waals surface area contributed by atoms with E-state index < -0.39 is 35.7 Å². The van der Waals surface area contributed by atoms with Gasteiger partial charge >= 0.3 is 6.03 Å². The third kappa shape index (κ3) is 4.16. The van der Waals surface area contributed by atoms with Gasteiger partial charge in [0.15, 0.2) is 5.54 Å². The number of amides is 4. The Labute approximate surface area is 178 Å². The minimum atomic E-state index is -1.31. The van der Waals surface area contributed by atoms with Crippen LogP contribution in [0.1, 0.15) is 11.1 Å². The maximum Gasteiger partial charge on any atom is 0.325 e. The molecule has 1 aliphatic heterocycles. The van der Waals surface area contributed by atoms with Crippen LogP contribution in [0, 0.1) is 5.82 Å². The lowest BCUT2D eigenvalue weighted by Crippen LogP contribution is -2.46. The molecule has 0 aromatic heterocycles. The molecule has 1 heterocycles. The average molecular weight is 417 g/mol. The van der Waals surface area contributed by atoms with Gasteiger partial charge in [0.2, 0.25) is 5.91 Å². The van der Waals surface area contributed by atoms with Crippen molar-refractivity contribution < 1.29 is 18.8 Å². The summed E-state index contributed by atoms with van der Waals surface area (Å²) in [7, 11) is 0. The normalized spacial score (nSPS) is 18.0. The second-order valence-electron chi connectivity index (χ2n) is 7.31. The quantitative estimate of drug-likeness (QED) is 0.603. The first kappa shape index (κ1) is 20.3. The van der Waals surface area contributed by atoms with E-state index in [0.717, 1.165) is 10.5 Å². The Bertz CT molecular complexity index is 1100. The van der Waals surface area contributed by atoms with Crippen LogP contribution >= 0.6 is 0 Å². The molecule has 0 bridgehead atoms. The third-order valence-electron chi connectivity index (χ3n) is 5.18. The highest BCUT2D eigenvalue weighted by Crippen LogP contribution is 2.33. The number of carbonyl (C=O) groups excluding carboxylic acids is 3. The molecule has 0 aliphatic carbocycles. The first-order chi connectivity index (χ1) is 15.0.